The van der Waals surface area contributed by atoms with E-state index in [0.29, 0.717) is 36.3 Å². The van der Waals surface area contributed by atoms with Crippen LogP contribution < -0.4 is 71.2 Å². The van der Waals surface area contributed by atoms with Gasteiger partial charge in [0.2, 0.25) is 65.0 Å². The second-order valence-corrected chi connectivity index (χ2v) is 19.8. The highest BCUT2D eigenvalue weighted by Crippen LogP contribution is 2.21. The molecule has 0 saturated carbocycles. The van der Waals surface area contributed by atoms with Gasteiger partial charge in [0.25, 0.3) is 0 Å². The molecule has 2 heterocycles. The first-order chi connectivity index (χ1) is 37.1. The SMILES string of the molecule is CSCC[C@H](NC(=O)[C@H](CC(N)=O)NC(=O)[C@H](CCC(N)=O)NC(=O)[C@H](Cc1ccccc1)NC(=O)[C@H](Cc1ccc(O)cc1)NC(=O)[C@@H]1CCCN1)C(=O)N1CCC[C@H]1C(=O)N[C@@H](CCCN=C(N)N)C(=O)NCC(N)=O. The lowest BCUT2D eigenvalue weighted by molar-refractivity contribution is -0.142. The third-order valence-corrected chi connectivity index (χ3v) is 13.4. The number of nitrogens with zero attached hydrogens (tertiary/aromatic N) is 2. The summed E-state index contributed by atoms with van der Waals surface area (Å²) in [5.41, 5.74) is 28.2. The number of guanidine groups is 1. The summed E-state index contributed by atoms with van der Waals surface area (Å²) in [5, 5.41) is 31.0. The molecule has 0 aromatic heterocycles. The second-order valence-electron chi connectivity index (χ2n) is 18.9. The van der Waals surface area contributed by atoms with E-state index in [1.54, 1.807) is 48.7 Å². The minimum Gasteiger partial charge on any atom is -0.508 e. The minimum atomic E-state index is -1.76. The van der Waals surface area contributed by atoms with Gasteiger partial charge in [-0.3, -0.25) is 57.7 Å². The molecular formula is C50H73N15O12S. The highest BCUT2D eigenvalue weighted by molar-refractivity contribution is 7.98. The van der Waals surface area contributed by atoms with Crippen molar-refractivity contribution in [3.8, 4) is 5.75 Å². The van der Waals surface area contributed by atoms with Crippen LogP contribution >= 0.6 is 11.8 Å². The lowest BCUT2D eigenvalue weighted by Crippen LogP contribution is -2.61. The van der Waals surface area contributed by atoms with Gasteiger partial charge in [0.1, 0.15) is 48.0 Å². The first-order valence-electron chi connectivity index (χ1n) is 25.5. The molecule has 0 bridgehead atoms. The summed E-state index contributed by atoms with van der Waals surface area (Å²) >= 11 is 1.34. The zero-order chi connectivity index (χ0) is 57.3. The molecule has 8 atom stereocenters. The fourth-order valence-electron chi connectivity index (χ4n) is 8.71. The summed E-state index contributed by atoms with van der Waals surface area (Å²) in [4.78, 5) is 153. The van der Waals surface area contributed by atoms with E-state index in [1.807, 2.05) is 0 Å². The zero-order valence-electron chi connectivity index (χ0n) is 43.5. The quantitative estimate of drug-likeness (QED) is 0.0186. The molecule has 0 radical (unpaired) electrons. The molecule has 78 heavy (non-hydrogen) atoms. The Hall–Kier alpha value is -8.01. The number of nitrogens with two attached hydrogens (primary N) is 5. The van der Waals surface area contributed by atoms with Gasteiger partial charge < -0.3 is 81.2 Å². The van der Waals surface area contributed by atoms with Gasteiger partial charge in [0, 0.05) is 32.4 Å². The molecule has 2 aliphatic rings. The van der Waals surface area contributed by atoms with Gasteiger partial charge in [-0.15, -0.1) is 0 Å². The highest BCUT2D eigenvalue weighted by Gasteiger charge is 2.40. The van der Waals surface area contributed by atoms with E-state index in [-0.39, 0.29) is 63.3 Å². The molecule has 27 nitrogen and oxygen atoms in total. The number of carbonyl (C=O) groups is 11. The summed E-state index contributed by atoms with van der Waals surface area (Å²) in [7, 11) is 0. The number of likely N-dealkylation sites (tertiary alicyclic amines) is 1. The molecule has 426 valence electrons. The third-order valence-electron chi connectivity index (χ3n) is 12.7. The molecule has 2 saturated heterocycles. The van der Waals surface area contributed by atoms with Gasteiger partial charge in [-0.05, 0) is 93.2 Å². The van der Waals surface area contributed by atoms with Crippen molar-refractivity contribution in [1.82, 2.24) is 47.4 Å². The van der Waals surface area contributed by atoms with Crippen LogP contribution in [0.3, 0.4) is 0 Å². The molecule has 2 aliphatic heterocycles. The number of phenols is 1. The monoisotopic (exact) mass is 1110 g/mol. The molecule has 2 fully saturated rings. The van der Waals surface area contributed by atoms with E-state index >= 15 is 0 Å². The number of amides is 11. The summed E-state index contributed by atoms with van der Waals surface area (Å²) in [6.07, 6.45) is 2.00. The Kier molecular flexibility index (Phi) is 25.6. The number of nitrogens with one attached hydrogen (secondary N) is 8. The van der Waals surface area contributed by atoms with Crippen LogP contribution in [0.4, 0.5) is 0 Å². The Bertz CT molecular complexity index is 2460. The normalized spacial score (nSPS) is 17.1. The molecule has 0 spiro atoms. The summed E-state index contributed by atoms with van der Waals surface area (Å²) in [6, 6.07) is 4.30. The lowest BCUT2D eigenvalue weighted by atomic mass is 10.0. The van der Waals surface area contributed by atoms with Gasteiger partial charge in [-0.25, -0.2) is 0 Å². The largest absolute Gasteiger partial charge is 0.508 e. The van der Waals surface area contributed by atoms with Crippen molar-refractivity contribution in [3.05, 3.63) is 65.7 Å². The first kappa shape index (κ1) is 62.5. The predicted octanol–water partition coefficient (Wildman–Crippen LogP) is -4.62. The number of aromatic hydroxyl groups is 1. The number of primary amides is 3. The number of benzene rings is 2. The summed E-state index contributed by atoms with van der Waals surface area (Å²) < 4.78 is 0. The number of carbonyl (C=O) groups excluding carboxylic acids is 11. The van der Waals surface area contributed by atoms with Gasteiger partial charge >= 0.3 is 0 Å². The highest BCUT2D eigenvalue weighted by atomic mass is 32.2. The van der Waals surface area contributed by atoms with Gasteiger partial charge in [-0.1, -0.05) is 42.5 Å². The molecule has 19 N–H and O–H groups in total. The fourth-order valence-corrected chi connectivity index (χ4v) is 9.18. The fraction of sp³-hybridized carbons (Fsp3) is 0.520. The number of rotatable bonds is 32. The van der Waals surface area contributed by atoms with E-state index in [1.165, 1.54) is 28.8 Å². The van der Waals surface area contributed by atoms with Crippen LogP contribution in [0.1, 0.15) is 75.3 Å². The second kappa shape index (κ2) is 31.9. The summed E-state index contributed by atoms with van der Waals surface area (Å²) in [6.45, 7) is 0.283. The van der Waals surface area contributed by atoms with Crippen LogP contribution in [-0.2, 0) is 65.6 Å². The number of hydrogen-bond acceptors (Lipinski definition) is 15. The van der Waals surface area contributed by atoms with Crippen molar-refractivity contribution in [3.63, 3.8) is 0 Å². The molecule has 11 amide bonds. The van der Waals surface area contributed by atoms with Crippen molar-refractivity contribution in [2.75, 3.05) is 38.2 Å². The third kappa shape index (κ3) is 21.2. The van der Waals surface area contributed by atoms with E-state index in [9.17, 15) is 57.8 Å². The maximum atomic E-state index is 14.4. The molecule has 0 unspecified atom stereocenters. The molecule has 4 rings (SSSR count). The zero-order valence-corrected chi connectivity index (χ0v) is 44.3. The smallest absolute Gasteiger partial charge is 0.245 e. The first-order valence-corrected chi connectivity index (χ1v) is 26.9. The minimum absolute atomic E-state index is 0.0134. The number of phenolic OH excluding ortho intramolecular Hbond substituents is 1. The van der Waals surface area contributed by atoms with Crippen LogP contribution in [0.15, 0.2) is 59.6 Å². The van der Waals surface area contributed by atoms with Crippen molar-refractivity contribution < 1.29 is 57.8 Å². The Balaban J connectivity index is 1.56. The van der Waals surface area contributed by atoms with E-state index in [4.69, 9.17) is 28.7 Å². The van der Waals surface area contributed by atoms with E-state index in [2.05, 4.69) is 47.5 Å². The van der Waals surface area contributed by atoms with Gasteiger partial charge in [-0.2, -0.15) is 11.8 Å². The number of thioether (sulfide) groups is 1. The van der Waals surface area contributed by atoms with Crippen LogP contribution in [-0.4, -0.2) is 167 Å². The van der Waals surface area contributed by atoms with Gasteiger partial charge in [0.05, 0.1) is 19.0 Å². The Morgan fingerprint density at radius 1 is 0.641 bits per heavy atom. The van der Waals surface area contributed by atoms with Crippen LogP contribution in [0, 0.1) is 0 Å². The Labute approximate surface area is 455 Å². The van der Waals surface area contributed by atoms with Crippen LogP contribution in [0.25, 0.3) is 0 Å². The average Bonchev–Trinajstić information content (AvgIpc) is 4.14. The van der Waals surface area contributed by atoms with Crippen molar-refractivity contribution in [2.45, 2.75) is 125 Å². The number of hydrogen-bond donors (Lipinski definition) is 14. The Morgan fingerprint density at radius 3 is 1.82 bits per heavy atom. The Morgan fingerprint density at radius 2 is 1.22 bits per heavy atom. The van der Waals surface area contributed by atoms with Crippen molar-refractivity contribution >= 4 is 82.7 Å². The maximum Gasteiger partial charge on any atom is 0.245 e. The predicted molar refractivity (Wildman–Crippen MR) is 287 cm³/mol. The standard InChI is InChI=1S/C50H73N15O12S/c1-78-23-19-34(49(77)65-22-7-12-38(65)48(76)60-32(11-6-21-57-50(54)55)42(70)58-27-41(53)69)61-47(75)37(26-40(52)68)64-44(72)33(17-18-39(51)67)59-45(73)35(24-28-8-3-2-4-9-28)63-46(74)36(25-29-13-15-30(66)16-14-29)62-43(71)31-10-5-20-56-31/h2-4,8-9,13-16,31-38,56,66H,5-7,10-12,17-27H2,1H3,(H2,51,67)(H2,52,68)(H2,53,69)(H,58,70)(H,59,73)(H,60,76)(H,61,75)(H,62,71)(H,63,74)(H,64,72)(H4,54,55,57)/t31-,32-,33-,34-,35-,36-,37-,38-/m0/s1. The van der Waals surface area contributed by atoms with E-state index < -0.39 is 139 Å². The molecule has 2 aromatic carbocycles. The molecule has 0 aliphatic carbocycles. The van der Waals surface area contributed by atoms with Crippen LogP contribution in [0.2, 0.25) is 0 Å². The molecule has 28 heteroatoms. The average molecular weight is 1110 g/mol. The summed E-state index contributed by atoms with van der Waals surface area (Å²) in [5.74, 6) is -9.00. The maximum absolute atomic E-state index is 14.4. The van der Waals surface area contributed by atoms with Crippen LogP contribution in [0.5, 0.6) is 5.75 Å². The molecular weight excluding hydrogens is 1030 g/mol. The van der Waals surface area contributed by atoms with Crippen molar-refractivity contribution in [2.24, 2.45) is 33.7 Å². The van der Waals surface area contributed by atoms with E-state index in [0.717, 1.165) is 6.42 Å². The van der Waals surface area contributed by atoms with Crippen molar-refractivity contribution in [1.29, 1.82) is 0 Å². The lowest BCUT2D eigenvalue weighted by Gasteiger charge is -2.31. The topological polar surface area (TPSA) is 450 Å². The van der Waals surface area contributed by atoms with Gasteiger partial charge in [0.15, 0.2) is 5.96 Å². The molecule has 2 aromatic rings. The number of aliphatic imine (C=N–C) groups is 1.